The maximum atomic E-state index is 3.57. The van der Waals surface area contributed by atoms with Crippen molar-refractivity contribution in [1.29, 1.82) is 0 Å². The zero-order chi connectivity index (χ0) is 26.6. The molecule has 0 saturated carbocycles. The molecule has 0 unspecified atom stereocenters. The molecule has 3 aliphatic rings. The van der Waals surface area contributed by atoms with E-state index in [9.17, 15) is 0 Å². The fourth-order valence-electron chi connectivity index (χ4n) is 4.93. The summed E-state index contributed by atoms with van der Waals surface area (Å²) in [5, 5.41) is 0. The van der Waals surface area contributed by atoms with Gasteiger partial charge in [0, 0.05) is 0 Å². The van der Waals surface area contributed by atoms with Crippen LogP contribution in [0.25, 0.3) is 0 Å². The monoisotopic (exact) mass is 621 g/mol. The summed E-state index contributed by atoms with van der Waals surface area (Å²) in [4.78, 5) is 0. The van der Waals surface area contributed by atoms with Gasteiger partial charge in [0.05, 0.1) is 0 Å². The smallest absolute Gasteiger partial charge is 1.00 e. The van der Waals surface area contributed by atoms with Crippen molar-refractivity contribution in [2.45, 2.75) is 130 Å². The van der Waals surface area contributed by atoms with Crippen molar-refractivity contribution in [2.75, 3.05) is 0 Å². The second-order valence-corrected chi connectivity index (χ2v) is 12.1. The molecule has 0 aromatic heterocycles. The third kappa shape index (κ3) is 10.4. The quantitative estimate of drug-likeness (QED) is 0.391. The first-order valence-corrected chi connectivity index (χ1v) is 13.4. The molecule has 0 aromatic rings. The van der Waals surface area contributed by atoms with E-state index in [2.05, 4.69) is 122 Å². The standard InChI is InChI=1S/2C12H19.C10H15.2ClH.Zr/c2*1-6-7-11-8-12(4,5)10(3)9(11)2;1-7-6-10(4,5)9(3)8(7)2;;;/h2*6-7H2,1-5H3;1-5H3;2*1H;/q3*-1;;;+2/p-2. The van der Waals surface area contributed by atoms with Crippen molar-refractivity contribution in [3.8, 4) is 0 Å². The van der Waals surface area contributed by atoms with Gasteiger partial charge >= 0.3 is 26.2 Å². The van der Waals surface area contributed by atoms with Gasteiger partial charge in [-0.1, -0.05) is 125 Å². The third-order valence-electron chi connectivity index (χ3n) is 8.39. The summed E-state index contributed by atoms with van der Waals surface area (Å²) < 4.78 is 0. The molecule has 3 heteroatoms. The third-order valence-corrected chi connectivity index (χ3v) is 8.39. The van der Waals surface area contributed by atoms with Crippen LogP contribution in [-0.2, 0) is 26.2 Å². The Kier molecular flexibility index (Phi) is 18.2. The minimum atomic E-state index is 0. The van der Waals surface area contributed by atoms with Crippen molar-refractivity contribution in [1.82, 2.24) is 0 Å². The Bertz CT molecular complexity index is 906. The van der Waals surface area contributed by atoms with Crippen LogP contribution in [0.5, 0.6) is 0 Å². The number of allylic oxidation sites excluding steroid dienone is 12. The first-order chi connectivity index (χ1) is 15.4. The summed E-state index contributed by atoms with van der Waals surface area (Å²) in [6.45, 7) is 33.3. The molecule has 210 valence electrons. The minimum Gasteiger partial charge on any atom is -1.00 e. The van der Waals surface area contributed by atoms with Crippen LogP contribution < -0.4 is 24.8 Å². The Morgan fingerprint density at radius 1 is 0.486 bits per heavy atom. The Labute approximate surface area is 263 Å². The van der Waals surface area contributed by atoms with Crippen LogP contribution in [0.2, 0.25) is 0 Å². The van der Waals surface area contributed by atoms with Crippen LogP contribution >= 0.6 is 0 Å². The van der Waals surface area contributed by atoms with Gasteiger partial charge < -0.3 is 24.8 Å². The zero-order valence-electron chi connectivity index (χ0n) is 26.6. The Morgan fingerprint density at radius 3 is 0.892 bits per heavy atom. The van der Waals surface area contributed by atoms with Gasteiger partial charge in [0.2, 0.25) is 0 Å². The molecule has 37 heavy (non-hydrogen) atoms. The van der Waals surface area contributed by atoms with Gasteiger partial charge in [0.1, 0.15) is 0 Å². The van der Waals surface area contributed by atoms with Gasteiger partial charge in [-0.05, 0) is 0 Å². The summed E-state index contributed by atoms with van der Waals surface area (Å²) in [6, 6.07) is 0. The SMILES string of the molecule is CC1=[C-]C(C)(C)C(C)=C1C.CCCC1=[C-]C(C)(C)C(C)=C1C.CCCC1=[C-]C(C)(C)C(C)=C1C.[Cl-].[Cl-].[Zr+2]. The molecule has 0 radical (unpaired) electrons. The van der Waals surface area contributed by atoms with E-state index in [1.807, 2.05) is 0 Å². The maximum Gasteiger partial charge on any atom is 2.00 e. The van der Waals surface area contributed by atoms with Gasteiger partial charge in [0.25, 0.3) is 0 Å². The Balaban J connectivity index is -0.000000452. The van der Waals surface area contributed by atoms with Crippen molar-refractivity contribution in [3.05, 3.63) is 68.4 Å². The molecule has 0 heterocycles. The van der Waals surface area contributed by atoms with Crippen LogP contribution in [0.4, 0.5) is 0 Å². The van der Waals surface area contributed by atoms with Gasteiger partial charge in [0.15, 0.2) is 0 Å². The molecule has 0 atom stereocenters. The van der Waals surface area contributed by atoms with Gasteiger partial charge in [-0.3, -0.25) is 18.2 Å². The second-order valence-electron chi connectivity index (χ2n) is 12.1. The zero-order valence-corrected chi connectivity index (χ0v) is 30.6. The Hall–Kier alpha value is -0.0969. The largest absolute Gasteiger partial charge is 2.00 e. The molecule has 0 nitrogen and oxygen atoms in total. The average Bonchev–Trinajstić information content (AvgIpc) is 3.14. The fraction of sp³-hybridized carbons (Fsp3) is 0.647. The molecule has 0 spiro atoms. The van der Waals surface area contributed by atoms with Crippen molar-refractivity contribution in [3.63, 3.8) is 0 Å². The van der Waals surface area contributed by atoms with E-state index in [1.165, 1.54) is 75.8 Å². The molecular formula is C34H53Cl2Zr-3. The molecule has 0 amide bonds. The maximum absolute atomic E-state index is 3.57. The van der Waals surface area contributed by atoms with Gasteiger partial charge in [-0.2, -0.15) is 33.4 Å². The Morgan fingerprint density at radius 2 is 0.757 bits per heavy atom. The molecule has 0 saturated heterocycles. The summed E-state index contributed by atoms with van der Waals surface area (Å²) in [5.74, 6) is 0. The first-order valence-electron chi connectivity index (χ1n) is 13.4. The topological polar surface area (TPSA) is 0 Å². The van der Waals surface area contributed by atoms with Crippen LogP contribution in [0.1, 0.15) is 130 Å². The molecule has 0 N–H and O–H groups in total. The van der Waals surface area contributed by atoms with E-state index in [1.54, 1.807) is 0 Å². The fourth-order valence-corrected chi connectivity index (χ4v) is 4.93. The van der Waals surface area contributed by atoms with E-state index in [0.717, 1.165) is 0 Å². The number of hydrogen-bond acceptors (Lipinski definition) is 0. The number of hydrogen-bond donors (Lipinski definition) is 0. The first kappa shape index (κ1) is 41.4. The average molecular weight is 624 g/mol. The van der Waals surface area contributed by atoms with Crippen molar-refractivity contribution in [2.24, 2.45) is 16.2 Å². The number of rotatable bonds is 4. The summed E-state index contributed by atoms with van der Waals surface area (Å²) in [5.41, 5.74) is 13.6. The number of halogens is 2. The predicted molar refractivity (Wildman–Crippen MR) is 152 cm³/mol. The summed E-state index contributed by atoms with van der Waals surface area (Å²) >= 11 is 0. The normalized spacial score (nSPS) is 20.4. The van der Waals surface area contributed by atoms with Gasteiger partial charge in [-0.25, -0.2) is 16.7 Å². The molecule has 0 bridgehead atoms. The van der Waals surface area contributed by atoms with E-state index < -0.39 is 0 Å². The van der Waals surface area contributed by atoms with Gasteiger partial charge in [-0.15, -0.1) is 20.8 Å². The van der Waals surface area contributed by atoms with Crippen LogP contribution in [-0.4, -0.2) is 0 Å². The summed E-state index contributed by atoms with van der Waals surface area (Å²) in [7, 11) is 0. The van der Waals surface area contributed by atoms with Crippen LogP contribution in [0.15, 0.2) is 50.2 Å². The minimum absolute atomic E-state index is 0. The van der Waals surface area contributed by atoms with E-state index in [4.69, 9.17) is 0 Å². The van der Waals surface area contributed by atoms with Crippen LogP contribution in [0, 0.1) is 34.5 Å². The summed E-state index contributed by atoms with van der Waals surface area (Å²) in [6.07, 6.45) is 15.4. The molecule has 0 aromatic carbocycles. The van der Waals surface area contributed by atoms with Crippen molar-refractivity contribution >= 4 is 0 Å². The molecule has 3 rings (SSSR count). The van der Waals surface area contributed by atoms with E-state index >= 15 is 0 Å². The van der Waals surface area contributed by atoms with E-state index in [0.29, 0.717) is 0 Å². The van der Waals surface area contributed by atoms with E-state index in [-0.39, 0.29) is 67.3 Å². The van der Waals surface area contributed by atoms with Crippen LogP contribution in [0.3, 0.4) is 0 Å². The molecular weight excluding hydrogens is 571 g/mol. The molecule has 0 aliphatic heterocycles. The van der Waals surface area contributed by atoms with Crippen molar-refractivity contribution < 1.29 is 51.0 Å². The molecule has 0 fully saturated rings. The second kappa shape index (κ2) is 16.2. The predicted octanol–water partition coefficient (Wildman–Crippen LogP) is 4.90. The molecule has 3 aliphatic carbocycles.